The molecule has 102 valence electrons. The van der Waals surface area contributed by atoms with Crippen molar-refractivity contribution in [2.24, 2.45) is 0 Å². The Labute approximate surface area is 114 Å². The zero-order valence-corrected chi connectivity index (χ0v) is 11.3. The molecule has 0 atom stereocenters. The van der Waals surface area contributed by atoms with Gasteiger partial charge in [-0.2, -0.15) is 0 Å². The first-order chi connectivity index (χ1) is 9.31. The lowest BCUT2D eigenvalue weighted by atomic mass is 9.90. The van der Waals surface area contributed by atoms with Gasteiger partial charge < -0.3 is 10.1 Å². The van der Waals surface area contributed by atoms with E-state index in [-0.39, 0.29) is 5.97 Å². The maximum atomic E-state index is 11.6. The smallest absolute Gasteiger partial charge is 0.320 e. The van der Waals surface area contributed by atoms with Crippen molar-refractivity contribution in [2.45, 2.75) is 51.2 Å². The van der Waals surface area contributed by atoms with Gasteiger partial charge in [0.2, 0.25) is 0 Å². The van der Waals surface area contributed by atoms with Gasteiger partial charge in [0.05, 0.1) is 6.54 Å². The Hall–Kier alpha value is -1.35. The molecule has 1 fully saturated rings. The van der Waals surface area contributed by atoms with Crippen LogP contribution in [0.1, 0.15) is 42.4 Å². The van der Waals surface area contributed by atoms with Crippen LogP contribution in [-0.4, -0.2) is 18.6 Å². The van der Waals surface area contributed by atoms with Gasteiger partial charge in [0.25, 0.3) is 0 Å². The van der Waals surface area contributed by atoms with Gasteiger partial charge in [-0.3, -0.25) is 4.79 Å². The second-order valence-corrected chi connectivity index (χ2v) is 5.63. The zero-order valence-electron chi connectivity index (χ0n) is 11.3. The van der Waals surface area contributed by atoms with Gasteiger partial charge in [0, 0.05) is 6.04 Å². The number of rotatable bonds is 5. The second kappa shape index (κ2) is 5.74. The van der Waals surface area contributed by atoms with Crippen LogP contribution in [0.3, 0.4) is 0 Å². The molecule has 0 heterocycles. The summed E-state index contributed by atoms with van der Waals surface area (Å²) in [7, 11) is 0. The Bertz CT molecular complexity index is 466. The molecule has 1 saturated carbocycles. The maximum absolute atomic E-state index is 11.6. The Kier molecular flexibility index (Phi) is 3.83. The van der Waals surface area contributed by atoms with Gasteiger partial charge in [-0.05, 0) is 55.2 Å². The van der Waals surface area contributed by atoms with Crippen LogP contribution in [0.5, 0.6) is 0 Å². The van der Waals surface area contributed by atoms with Crippen molar-refractivity contribution in [1.29, 1.82) is 0 Å². The molecule has 0 aromatic heterocycles. The Morgan fingerprint density at radius 3 is 2.79 bits per heavy atom. The quantitative estimate of drug-likeness (QED) is 0.825. The first-order valence-corrected chi connectivity index (χ1v) is 7.31. The summed E-state index contributed by atoms with van der Waals surface area (Å²) in [5, 5.41) is 3.17. The van der Waals surface area contributed by atoms with E-state index in [0.29, 0.717) is 19.2 Å². The van der Waals surface area contributed by atoms with Crippen LogP contribution in [-0.2, 0) is 29.0 Å². The molecule has 3 rings (SSSR count). The number of benzene rings is 1. The highest BCUT2D eigenvalue weighted by atomic mass is 16.5. The molecular weight excluding hydrogens is 238 g/mol. The summed E-state index contributed by atoms with van der Waals surface area (Å²) < 4.78 is 5.30. The standard InChI is InChI=1S/C16H21NO2/c18-16(10-17-15-7-8-15)19-11-12-5-6-13-3-1-2-4-14(13)9-12/h5-6,9,15,17H,1-4,7-8,10-11H2. The van der Waals surface area contributed by atoms with Gasteiger partial charge in [-0.25, -0.2) is 0 Å². The highest BCUT2D eigenvalue weighted by Crippen LogP contribution is 2.22. The number of ether oxygens (including phenoxy) is 1. The molecular formula is C16H21NO2. The summed E-state index contributed by atoms with van der Waals surface area (Å²) in [6.45, 7) is 0.744. The van der Waals surface area contributed by atoms with Crippen molar-refractivity contribution in [3.8, 4) is 0 Å². The van der Waals surface area contributed by atoms with Crippen LogP contribution in [0.15, 0.2) is 18.2 Å². The minimum atomic E-state index is -0.148. The number of hydrogen-bond donors (Lipinski definition) is 1. The zero-order chi connectivity index (χ0) is 13.1. The van der Waals surface area contributed by atoms with Crippen molar-refractivity contribution < 1.29 is 9.53 Å². The number of carbonyl (C=O) groups excluding carboxylic acids is 1. The summed E-state index contributed by atoms with van der Waals surface area (Å²) in [5.41, 5.74) is 4.02. The minimum Gasteiger partial charge on any atom is -0.460 e. The summed E-state index contributed by atoms with van der Waals surface area (Å²) in [6.07, 6.45) is 7.33. The van der Waals surface area contributed by atoms with Gasteiger partial charge >= 0.3 is 5.97 Å². The molecule has 0 aliphatic heterocycles. The van der Waals surface area contributed by atoms with E-state index in [4.69, 9.17) is 4.74 Å². The molecule has 0 unspecified atom stereocenters. The highest BCUT2D eigenvalue weighted by Gasteiger charge is 2.21. The molecule has 0 spiro atoms. The molecule has 2 aliphatic rings. The van der Waals surface area contributed by atoms with E-state index in [1.54, 1.807) is 0 Å². The SMILES string of the molecule is O=C(CNC1CC1)OCc1ccc2c(c1)CCCC2. The highest BCUT2D eigenvalue weighted by molar-refractivity contribution is 5.71. The van der Waals surface area contributed by atoms with Crippen LogP contribution >= 0.6 is 0 Å². The van der Waals surface area contributed by atoms with Gasteiger partial charge in [0.15, 0.2) is 0 Å². The number of fused-ring (bicyclic) bond motifs is 1. The third-order valence-electron chi connectivity index (χ3n) is 3.93. The molecule has 1 N–H and O–H groups in total. The summed E-state index contributed by atoms with van der Waals surface area (Å²) in [6, 6.07) is 7.04. The molecule has 0 amide bonds. The molecule has 19 heavy (non-hydrogen) atoms. The lowest BCUT2D eigenvalue weighted by Crippen LogP contribution is -2.26. The largest absolute Gasteiger partial charge is 0.460 e. The molecule has 3 heteroatoms. The average Bonchev–Trinajstić information content (AvgIpc) is 3.27. The van der Waals surface area contributed by atoms with E-state index in [9.17, 15) is 4.79 Å². The predicted octanol–water partition coefficient (Wildman–Crippen LogP) is 2.36. The van der Waals surface area contributed by atoms with E-state index >= 15 is 0 Å². The van der Waals surface area contributed by atoms with E-state index in [2.05, 4.69) is 23.5 Å². The van der Waals surface area contributed by atoms with E-state index in [1.807, 2.05) is 0 Å². The third kappa shape index (κ3) is 3.57. The lowest BCUT2D eigenvalue weighted by Gasteiger charge is -2.16. The first kappa shape index (κ1) is 12.7. The van der Waals surface area contributed by atoms with Gasteiger partial charge in [-0.15, -0.1) is 0 Å². The number of esters is 1. The average molecular weight is 259 g/mol. The maximum Gasteiger partial charge on any atom is 0.320 e. The summed E-state index contributed by atoms with van der Waals surface area (Å²) in [4.78, 5) is 11.6. The number of nitrogens with one attached hydrogen (secondary N) is 1. The summed E-state index contributed by atoms with van der Waals surface area (Å²) >= 11 is 0. The van der Waals surface area contributed by atoms with Crippen LogP contribution in [0.4, 0.5) is 0 Å². The fraction of sp³-hybridized carbons (Fsp3) is 0.562. The number of hydrogen-bond acceptors (Lipinski definition) is 3. The summed E-state index contributed by atoms with van der Waals surface area (Å²) in [5.74, 6) is -0.148. The van der Waals surface area contributed by atoms with Gasteiger partial charge in [0.1, 0.15) is 6.61 Å². The molecule has 0 radical (unpaired) electrons. The molecule has 3 nitrogen and oxygen atoms in total. The van der Waals surface area contributed by atoms with Gasteiger partial charge in [-0.1, -0.05) is 18.2 Å². The molecule has 1 aromatic rings. The monoisotopic (exact) mass is 259 g/mol. The first-order valence-electron chi connectivity index (χ1n) is 7.31. The van der Waals surface area contributed by atoms with E-state index in [1.165, 1.54) is 49.7 Å². The molecule has 0 bridgehead atoms. The van der Waals surface area contributed by atoms with Crippen LogP contribution < -0.4 is 5.32 Å². The van der Waals surface area contributed by atoms with Crippen molar-refractivity contribution >= 4 is 5.97 Å². The fourth-order valence-electron chi connectivity index (χ4n) is 2.61. The van der Waals surface area contributed by atoms with Crippen molar-refractivity contribution in [2.75, 3.05) is 6.54 Å². The Balaban J connectivity index is 1.50. The Morgan fingerprint density at radius 2 is 2.00 bits per heavy atom. The molecule has 0 saturated heterocycles. The number of aryl methyl sites for hydroxylation is 2. The predicted molar refractivity (Wildman–Crippen MR) is 73.9 cm³/mol. The topological polar surface area (TPSA) is 38.3 Å². The van der Waals surface area contributed by atoms with Crippen molar-refractivity contribution in [3.05, 3.63) is 34.9 Å². The number of carbonyl (C=O) groups is 1. The van der Waals surface area contributed by atoms with Crippen LogP contribution in [0.25, 0.3) is 0 Å². The van der Waals surface area contributed by atoms with E-state index in [0.717, 1.165) is 5.56 Å². The van der Waals surface area contributed by atoms with Crippen molar-refractivity contribution in [1.82, 2.24) is 5.32 Å². The van der Waals surface area contributed by atoms with Crippen molar-refractivity contribution in [3.63, 3.8) is 0 Å². The lowest BCUT2D eigenvalue weighted by molar-refractivity contribution is -0.143. The molecule has 1 aromatic carbocycles. The van der Waals surface area contributed by atoms with E-state index < -0.39 is 0 Å². The Morgan fingerprint density at radius 1 is 1.21 bits per heavy atom. The van der Waals surface area contributed by atoms with Crippen LogP contribution in [0, 0.1) is 0 Å². The molecule has 2 aliphatic carbocycles. The second-order valence-electron chi connectivity index (χ2n) is 5.63. The normalized spacial score (nSPS) is 17.9. The fourth-order valence-corrected chi connectivity index (χ4v) is 2.61. The third-order valence-corrected chi connectivity index (χ3v) is 3.93. The van der Waals surface area contributed by atoms with Crippen LogP contribution in [0.2, 0.25) is 0 Å². The minimum absolute atomic E-state index is 0.148.